The predicted molar refractivity (Wildman–Crippen MR) is 71.2 cm³/mol. The molecule has 0 bridgehead atoms. The molecule has 0 radical (unpaired) electrons. The Morgan fingerprint density at radius 1 is 1.53 bits per heavy atom. The van der Waals surface area contributed by atoms with Gasteiger partial charge < -0.3 is 9.47 Å². The van der Waals surface area contributed by atoms with Crippen molar-refractivity contribution in [3.63, 3.8) is 0 Å². The number of aromatic nitrogens is 3. The van der Waals surface area contributed by atoms with Crippen LogP contribution in [0.15, 0.2) is 17.5 Å². The van der Waals surface area contributed by atoms with E-state index in [1.54, 1.807) is 18.7 Å². The van der Waals surface area contributed by atoms with Gasteiger partial charge in [0.25, 0.3) is 0 Å². The molecule has 2 aromatic heterocycles. The number of hydrogen-bond donors (Lipinski definition) is 0. The molecule has 7 heteroatoms. The van der Waals surface area contributed by atoms with Gasteiger partial charge in [0.15, 0.2) is 5.69 Å². The average molecular weight is 281 g/mol. The van der Waals surface area contributed by atoms with E-state index < -0.39 is 5.97 Å². The average Bonchev–Trinajstić information content (AvgIpc) is 3.05. The molecule has 19 heavy (non-hydrogen) atoms. The van der Waals surface area contributed by atoms with Crippen molar-refractivity contribution in [3.8, 4) is 10.6 Å². The summed E-state index contributed by atoms with van der Waals surface area (Å²) < 4.78 is 11.7. The third kappa shape index (κ3) is 2.99. The zero-order valence-electron chi connectivity index (χ0n) is 10.8. The zero-order chi connectivity index (χ0) is 13.7. The maximum atomic E-state index is 11.9. The van der Waals surface area contributed by atoms with E-state index in [0.29, 0.717) is 25.5 Å². The van der Waals surface area contributed by atoms with Crippen molar-refractivity contribution < 1.29 is 14.3 Å². The monoisotopic (exact) mass is 281 g/mol. The lowest BCUT2D eigenvalue weighted by Crippen LogP contribution is -2.10. The highest BCUT2D eigenvalue weighted by Crippen LogP contribution is 2.27. The fourth-order valence-corrected chi connectivity index (χ4v) is 2.42. The van der Waals surface area contributed by atoms with Gasteiger partial charge in [0, 0.05) is 7.11 Å². The summed E-state index contributed by atoms with van der Waals surface area (Å²) in [5.41, 5.74) is 0.936. The first kappa shape index (κ1) is 13.7. The van der Waals surface area contributed by atoms with E-state index in [9.17, 15) is 4.79 Å². The van der Waals surface area contributed by atoms with Crippen molar-refractivity contribution >= 4 is 17.3 Å². The van der Waals surface area contributed by atoms with E-state index >= 15 is 0 Å². The molecule has 0 saturated heterocycles. The highest BCUT2D eigenvalue weighted by molar-refractivity contribution is 7.13. The second-order valence-corrected chi connectivity index (χ2v) is 4.65. The molecule has 0 amide bonds. The minimum Gasteiger partial charge on any atom is -0.461 e. The summed E-state index contributed by atoms with van der Waals surface area (Å²) in [4.78, 5) is 12.8. The van der Waals surface area contributed by atoms with Crippen LogP contribution in [-0.2, 0) is 16.0 Å². The smallest absolute Gasteiger partial charge is 0.361 e. The molecule has 2 rings (SSSR count). The van der Waals surface area contributed by atoms with E-state index in [2.05, 4.69) is 10.3 Å². The van der Waals surface area contributed by atoms with Crippen LogP contribution < -0.4 is 0 Å². The summed E-state index contributed by atoms with van der Waals surface area (Å²) in [7, 11) is 1.62. The molecule has 0 aliphatic rings. The fourth-order valence-electron chi connectivity index (χ4n) is 1.64. The molecule has 0 fully saturated rings. The van der Waals surface area contributed by atoms with Crippen LogP contribution in [0, 0.1) is 0 Å². The van der Waals surface area contributed by atoms with Crippen molar-refractivity contribution in [3.05, 3.63) is 23.2 Å². The molecule has 0 N–H and O–H groups in total. The Kier molecular flexibility index (Phi) is 4.64. The zero-order valence-corrected chi connectivity index (χ0v) is 11.6. The SMILES string of the molecule is CCOC(=O)c1nnn(CCOC)c1-c1cccs1. The molecule has 0 saturated carbocycles. The van der Waals surface area contributed by atoms with Crippen LogP contribution in [0.4, 0.5) is 0 Å². The highest BCUT2D eigenvalue weighted by Gasteiger charge is 2.22. The van der Waals surface area contributed by atoms with Crippen LogP contribution in [0.25, 0.3) is 10.6 Å². The molecule has 102 valence electrons. The number of nitrogens with zero attached hydrogens (tertiary/aromatic N) is 3. The van der Waals surface area contributed by atoms with Crippen LogP contribution in [-0.4, -0.2) is 41.3 Å². The number of carbonyl (C=O) groups is 1. The second-order valence-electron chi connectivity index (χ2n) is 3.70. The number of hydrogen-bond acceptors (Lipinski definition) is 6. The standard InChI is InChI=1S/C12H15N3O3S/c1-3-18-12(16)10-11(9-5-4-8-19-9)15(14-13-10)6-7-17-2/h4-5,8H,3,6-7H2,1-2H3. The number of carbonyl (C=O) groups excluding carboxylic acids is 1. The first-order valence-corrected chi connectivity index (χ1v) is 6.79. The quantitative estimate of drug-likeness (QED) is 0.756. The van der Waals surface area contributed by atoms with Crippen LogP contribution in [0.3, 0.4) is 0 Å². The summed E-state index contributed by atoms with van der Waals surface area (Å²) in [6, 6.07) is 3.85. The van der Waals surface area contributed by atoms with Crippen molar-refractivity contribution in [1.29, 1.82) is 0 Å². The Morgan fingerprint density at radius 3 is 3.00 bits per heavy atom. The molecule has 0 aromatic carbocycles. The molecule has 2 heterocycles. The van der Waals surface area contributed by atoms with Crippen LogP contribution >= 0.6 is 11.3 Å². The molecular weight excluding hydrogens is 266 g/mol. The Balaban J connectivity index is 2.38. The first-order chi connectivity index (χ1) is 9.27. The topological polar surface area (TPSA) is 66.2 Å². The van der Waals surface area contributed by atoms with Gasteiger partial charge in [0.1, 0.15) is 5.69 Å². The number of esters is 1. The second kappa shape index (κ2) is 6.44. The van der Waals surface area contributed by atoms with Gasteiger partial charge in [0.05, 0.1) is 24.6 Å². The van der Waals surface area contributed by atoms with Crippen molar-refractivity contribution in [2.24, 2.45) is 0 Å². The lowest BCUT2D eigenvalue weighted by atomic mass is 10.2. The van der Waals surface area contributed by atoms with E-state index in [1.807, 2.05) is 17.5 Å². The lowest BCUT2D eigenvalue weighted by Gasteiger charge is -2.05. The maximum absolute atomic E-state index is 11.9. The maximum Gasteiger partial charge on any atom is 0.361 e. The van der Waals surface area contributed by atoms with Gasteiger partial charge in [-0.1, -0.05) is 11.3 Å². The van der Waals surface area contributed by atoms with E-state index in [1.165, 1.54) is 11.3 Å². The van der Waals surface area contributed by atoms with Crippen LogP contribution in [0.1, 0.15) is 17.4 Å². The Hall–Kier alpha value is -1.73. The van der Waals surface area contributed by atoms with Gasteiger partial charge in [0.2, 0.25) is 0 Å². The predicted octanol–water partition coefficient (Wildman–Crippen LogP) is 1.83. The van der Waals surface area contributed by atoms with Crippen molar-refractivity contribution in [1.82, 2.24) is 15.0 Å². The summed E-state index contributed by atoms with van der Waals surface area (Å²) in [5, 5.41) is 9.88. The summed E-state index contributed by atoms with van der Waals surface area (Å²) in [5.74, 6) is -0.449. The van der Waals surface area contributed by atoms with Crippen LogP contribution in [0.5, 0.6) is 0 Å². The van der Waals surface area contributed by atoms with Gasteiger partial charge in [-0.15, -0.1) is 16.4 Å². The molecule has 6 nitrogen and oxygen atoms in total. The summed E-state index contributed by atoms with van der Waals surface area (Å²) in [6.07, 6.45) is 0. The third-order valence-electron chi connectivity index (χ3n) is 2.47. The molecule has 0 atom stereocenters. The molecule has 0 aliphatic carbocycles. The van der Waals surface area contributed by atoms with E-state index in [4.69, 9.17) is 9.47 Å². The minimum absolute atomic E-state index is 0.250. The van der Waals surface area contributed by atoms with Gasteiger partial charge in [-0.25, -0.2) is 9.48 Å². The molecule has 0 unspecified atom stereocenters. The Labute approximate surface area is 115 Å². The molecular formula is C12H15N3O3S. The molecule has 0 aliphatic heterocycles. The van der Waals surface area contributed by atoms with E-state index in [0.717, 1.165) is 4.88 Å². The lowest BCUT2D eigenvalue weighted by molar-refractivity contribution is 0.0520. The Bertz CT molecular complexity index is 536. The normalized spacial score (nSPS) is 10.6. The highest BCUT2D eigenvalue weighted by atomic mass is 32.1. The summed E-state index contributed by atoms with van der Waals surface area (Å²) in [6.45, 7) is 3.12. The Morgan fingerprint density at radius 2 is 2.37 bits per heavy atom. The molecule has 0 spiro atoms. The first-order valence-electron chi connectivity index (χ1n) is 5.91. The number of methoxy groups -OCH3 is 1. The third-order valence-corrected chi connectivity index (χ3v) is 3.34. The van der Waals surface area contributed by atoms with Gasteiger partial charge in [-0.2, -0.15) is 0 Å². The molecule has 2 aromatic rings. The van der Waals surface area contributed by atoms with Gasteiger partial charge >= 0.3 is 5.97 Å². The fraction of sp³-hybridized carbons (Fsp3) is 0.417. The van der Waals surface area contributed by atoms with Crippen molar-refractivity contribution in [2.75, 3.05) is 20.3 Å². The van der Waals surface area contributed by atoms with Gasteiger partial charge in [-0.3, -0.25) is 0 Å². The summed E-state index contributed by atoms with van der Waals surface area (Å²) >= 11 is 1.53. The number of ether oxygens (including phenoxy) is 2. The minimum atomic E-state index is -0.449. The van der Waals surface area contributed by atoms with Crippen LogP contribution in [0.2, 0.25) is 0 Å². The van der Waals surface area contributed by atoms with Crippen molar-refractivity contribution in [2.45, 2.75) is 13.5 Å². The van der Waals surface area contributed by atoms with Gasteiger partial charge in [-0.05, 0) is 18.4 Å². The van der Waals surface area contributed by atoms with E-state index in [-0.39, 0.29) is 5.69 Å². The number of thiophene rings is 1. The number of rotatable bonds is 6. The largest absolute Gasteiger partial charge is 0.461 e.